The highest BCUT2D eigenvalue weighted by atomic mass is 16.7. The van der Waals surface area contributed by atoms with E-state index in [1.165, 1.54) is 0 Å². The van der Waals surface area contributed by atoms with Crippen molar-refractivity contribution >= 4 is 0 Å². The van der Waals surface area contributed by atoms with Crippen LogP contribution in [-0.4, -0.2) is 59.5 Å². The van der Waals surface area contributed by atoms with E-state index in [-0.39, 0.29) is 6.10 Å². The van der Waals surface area contributed by atoms with Crippen molar-refractivity contribution in [2.75, 3.05) is 6.54 Å². The first-order chi connectivity index (χ1) is 9.02. The van der Waals surface area contributed by atoms with Crippen molar-refractivity contribution in [3.8, 4) is 0 Å². The van der Waals surface area contributed by atoms with Gasteiger partial charge in [0.2, 0.25) is 0 Å². The number of nitrogens with two attached hydrogens (primary N) is 3. The van der Waals surface area contributed by atoms with Gasteiger partial charge in [-0.3, -0.25) is 0 Å². The Balaban J connectivity index is 1.93. The van der Waals surface area contributed by atoms with Gasteiger partial charge in [-0.1, -0.05) is 0 Å². The number of hydrogen-bond donors (Lipinski definition) is 5. The van der Waals surface area contributed by atoms with Gasteiger partial charge in [0.1, 0.15) is 12.2 Å². The molecule has 0 spiro atoms. The van der Waals surface area contributed by atoms with E-state index in [0.717, 1.165) is 19.3 Å². The first-order valence-electron chi connectivity index (χ1n) is 6.91. The molecule has 7 atom stereocenters. The van der Waals surface area contributed by atoms with Crippen LogP contribution in [0.25, 0.3) is 0 Å². The number of rotatable bonds is 3. The van der Waals surface area contributed by atoms with Crippen molar-refractivity contribution < 1.29 is 19.7 Å². The van der Waals surface area contributed by atoms with Crippen molar-refractivity contribution in [2.45, 2.75) is 68.5 Å². The third-order valence-electron chi connectivity index (χ3n) is 3.97. The van der Waals surface area contributed by atoms with Gasteiger partial charge in [-0.25, -0.2) is 0 Å². The van der Waals surface area contributed by atoms with E-state index in [9.17, 15) is 10.2 Å². The second-order valence-electron chi connectivity index (χ2n) is 5.50. The lowest BCUT2D eigenvalue weighted by molar-refractivity contribution is -0.245. The van der Waals surface area contributed by atoms with Crippen LogP contribution in [0.5, 0.6) is 0 Å². The smallest absolute Gasteiger partial charge is 0.158 e. The van der Waals surface area contributed by atoms with Gasteiger partial charge in [-0.15, -0.1) is 0 Å². The summed E-state index contributed by atoms with van der Waals surface area (Å²) in [5, 5.41) is 19.8. The Morgan fingerprint density at radius 3 is 2.53 bits per heavy atom. The van der Waals surface area contributed by atoms with Gasteiger partial charge in [0, 0.05) is 18.6 Å². The molecule has 0 radical (unpaired) electrons. The zero-order valence-electron chi connectivity index (χ0n) is 11.0. The molecule has 1 saturated carbocycles. The topological polar surface area (TPSA) is 137 Å². The molecule has 7 nitrogen and oxygen atoms in total. The lowest BCUT2D eigenvalue weighted by Crippen LogP contribution is -2.62. The first-order valence-corrected chi connectivity index (χ1v) is 6.91. The van der Waals surface area contributed by atoms with Gasteiger partial charge >= 0.3 is 0 Å². The minimum atomic E-state index is -1.08. The highest BCUT2D eigenvalue weighted by molar-refractivity contribution is 4.97. The Kier molecular flexibility index (Phi) is 5.13. The summed E-state index contributed by atoms with van der Waals surface area (Å²) >= 11 is 0. The number of aliphatic hydroxyl groups is 2. The molecule has 2 fully saturated rings. The molecule has 0 aromatic rings. The molecule has 1 aliphatic heterocycles. The van der Waals surface area contributed by atoms with Crippen LogP contribution < -0.4 is 17.2 Å². The number of aliphatic hydroxyl groups excluding tert-OH is 2. The summed E-state index contributed by atoms with van der Waals surface area (Å²) in [5.41, 5.74) is 17.2. The Bertz CT molecular complexity index is 294. The molecular weight excluding hydrogens is 250 g/mol. The quantitative estimate of drug-likeness (QED) is 0.402. The third-order valence-corrected chi connectivity index (χ3v) is 3.97. The minimum absolute atomic E-state index is 0.0112. The molecule has 1 saturated heterocycles. The Labute approximate surface area is 113 Å². The van der Waals surface area contributed by atoms with E-state index >= 15 is 0 Å². The van der Waals surface area contributed by atoms with Gasteiger partial charge in [-0.05, 0) is 25.7 Å². The monoisotopic (exact) mass is 275 g/mol. The van der Waals surface area contributed by atoms with Crippen molar-refractivity contribution in [3.63, 3.8) is 0 Å². The molecule has 1 heterocycles. The molecule has 2 rings (SSSR count). The fourth-order valence-corrected chi connectivity index (χ4v) is 2.78. The van der Waals surface area contributed by atoms with Crippen LogP contribution in [0.2, 0.25) is 0 Å². The van der Waals surface area contributed by atoms with Crippen molar-refractivity contribution in [2.24, 2.45) is 17.2 Å². The predicted molar refractivity (Wildman–Crippen MR) is 69.0 cm³/mol. The highest BCUT2D eigenvalue weighted by Gasteiger charge is 2.42. The molecule has 0 bridgehead atoms. The fraction of sp³-hybridized carbons (Fsp3) is 1.00. The Hall–Kier alpha value is -0.280. The van der Waals surface area contributed by atoms with E-state index in [2.05, 4.69) is 0 Å². The van der Waals surface area contributed by atoms with Crippen LogP contribution in [0.4, 0.5) is 0 Å². The molecule has 112 valence electrons. The van der Waals surface area contributed by atoms with Crippen LogP contribution in [0.3, 0.4) is 0 Å². The molecule has 19 heavy (non-hydrogen) atoms. The summed E-state index contributed by atoms with van der Waals surface area (Å²) in [5.74, 6) is 0. The molecule has 1 unspecified atom stereocenters. The minimum Gasteiger partial charge on any atom is -0.389 e. The molecule has 0 amide bonds. The van der Waals surface area contributed by atoms with E-state index in [1.807, 2.05) is 0 Å². The predicted octanol–water partition coefficient (Wildman–Crippen LogP) is -1.99. The molecule has 0 aromatic carbocycles. The van der Waals surface area contributed by atoms with E-state index < -0.39 is 36.7 Å². The number of ether oxygens (including phenoxy) is 2. The van der Waals surface area contributed by atoms with Crippen molar-refractivity contribution in [3.05, 3.63) is 0 Å². The largest absolute Gasteiger partial charge is 0.389 e. The van der Waals surface area contributed by atoms with Gasteiger partial charge in [0.05, 0.1) is 12.2 Å². The van der Waals surface area contributed by atoms with Crippen LogP contribution >= 0.6 is 0 Å². The fourth-order valence-electron chi connectivity index (χ4n) is 2.78. The molecule has 0 aromatic heterocycles. The lowest BCUT2D eigenvalue weighted by atomic mass is 9.84. The van der Waals surface area contributed by atoms with Gasteiger partial charge in [-0.2, -0.15) is 0 Å². The zero-order chi connectivity index (χ0) is 14.0. The maximum absolute atomic E-state index is 10.0. The average Bonchev–Trinajstić information content (AvgIpc) is 2.41. The molecule has 2 aliphatic rings. The first kappa shape index (κ1) is 15.1. The van der Waals surface area contributed by atoms with Crippen molar-refractivity contribution in [1.29, 1.82) is 0 Å². The summed E-state index contributed by atoms with van der Waals surface area (Å²) in [6, 6.07) is -0.927. The highest BCUT2D eigenvalue weighted by Crippen LogP contribution is 2.26. The van der Waals surface area contributed by atoms with Gasteiger partial charge < -0.3 is 36.9 Å². The third kappa shape index (κ3) is 3.43. The lowest BCUT2D eigenvalue weighted by Gasteiger charge is -2.42. The van der Waals surface area contributed by atoms with Crippen molar-refractivity contribution in [1.82, 2.24) is 0 Å². The van der Waals surface area contributed by atoms with Crippen LogP contribution in [0.1, 0.15) is 25.7 Å². The summed E-state index contributed by atoms with van der Waals surface area (Å²) < 4.78 is 11.4. The van der Waals surface area contributed by atoms with E-state index in [1.54, 1.807) is 0 Å². The van der Waals surface area contributed by atoms with E-state index in [0.29, 0.717) is 13.0 Å². The molecular formula is C12H25N3O4. The standard InChI is InChI=1S/C12H25N3O4/c13-5-6-2-1-3-9(18-6)19-12-8(15)4-7(14)10(16)11(12)17/h6-12,16-17H,1-5,13-15H2/t6?,7-,8+,9-,10+,11-,12-/m1/s1. The van der Waals surface area contributed by atoms with Crippen LogP contribution in [-0.2, 0) is 9.47 Å². The molecule has 7 heteroatoms. The second-order valence-corrected chi connectivity index (χ2v) is 5.50. The normalized spacial score (nSPS) is 48.2. The summed E-state index contributed by atoms with van der Waals surface area (Å²) in [6.45, 7) is 0.451. The number of hydrogen-bond acceptors (Lipinski definition) is 7. The van der Waals surface area contributed by atoms with Gasteiger partial charge in [0.15, 0.2) is 6.29 Å². The molecule has 8 N–H and O–H groups in total. The Morgan fingerprint density at radius 2 is 1.84 bits per heavy atom. The van der Waals surface area contributed by atoms with Gasteiger partial charge in [0.25, 0.3) is 0 Å². The van der Waals surface area contributed by atoms with Crippen LogP contribution in [0.15, 0.2) is 0 Å². The summed E-state index contributed by atoms with van der Waals surface area (Å²) in [6.07, 6.45) is -0.145. The average molecular weight is 275 g/mol. The van der Waals surface area contributed by atoms with Crippen LogP contribution in [0, 0.1) is 0 Å². The summed E-state index contributed by atoms with van der Waals surface area (Å²) in [4.78, 5) is 0. The second kappa shape index (κ2) is 6.45. The maximum Gasteiger partial charge on any atom is 0.158 e. The van der Waals surface area contributed by atoms with E-state index in [4.69, 9.17) is 26.7 Å². The Morgan fingerprint density at radius 1 is 1.11 bits per heavy atom. The zero-order valence-corrected chi connectivity index (χ0v) is 11.0. The maximum atomic E-state index is 10.0. The SMILES string of the molecule is NCC1CCC[C@@H](O[C@H]2[C@H](O)[C@@H](O)[C@H](N)C[C@@H]2N)O1. The molecule has 1 aliphatic carbocycles. The summed E-state index contributed by atoms with van der Waals surface area (Å²) in [7, 11) is 0.